The molecule has 4 heterocycles. The van der Waals surface area contributed by atoms with Crippen molar-refractivity contribution in [3.63, 3.8) is 0 Å². The Morgan fingerprint density at radius 2 is 2.09 bits per heavy atom. The van der Waals surface area contributed by atoms with Crippen LogP contribution in [0.2, 0.25) is 0 Å². The van der Waals surface area contributed by atoms with Gasteiger partial charge in [-0.05, 0) is 52.3 Å². The number of carbonyl (C=O) groups excluding carboxylic acids is 2. The Morgan fingerprint density at radius 1 is 1.32 bits per heavy atom. The van der Waals surface area contributed by atoms with Crippen LogP contribution in [-0.2, 0) is 19.4 Å². The topological polar surface area (TPSA) is 125 Å². The molecular weight excluding hydrogens is 460 g/mol. The highest BCUT2D eigenvalue weighted by Crippen LogP contribution is 2.28. The second-order valence-electron chi connectivity index (χ2n) is 8.68. The molecule has 2 atom stereocenters. The molecule has 1 aliphatic heterocycles. The minimum absolute atomic E-state index is 0.00188. The van der Waals surface area contributed by atoms with Crippen LogP contribution in [0.25, 0.3) is 22.5 Å². The van der Waals surface area contributed by atoms with E-state index < -0.39 is 33.9 Å². The normalized spacial score (nSPS) is 18.3. The maximum atomic E-state index is 13.2. The summed E-state index contributed by atoms with van der Waals surface area (Å²) >= 11 is 0. The van der Waals surface area contributed by atoms with E-state index in [-0.39, 0.29) is 23.1 Å². The first-order chi connectivity index (χ1) is 16.1. The van der Waals surface area contributed by atoms with E-state index in [0.29, 0.717) is 35.5 Å². The second kappa shape index (κ2) is 9.21. The van der Waals surface area contributed by atoms with E-state index in [4.69, 9.17) is 9.15 Å². The van der Waals surface area contributed by atoms with E-state index in [1.807, 2.05) is 13.8 Å². The molecule has 0 aromatic carbocycles. The summed E-state index contributed by atoms with van der Waals surface area (Å²) in [5.74, 6) is -0.651. The lowest BCUT2D eigenvalue weighted by molar-refractivity contribution is -0.141. The van der Waals surface area contributed by atoms with Crippen LogP contribution in [0.15, 0.2) is 35.1 Å². The van der Waals surface area contributed by atoms with Gasteiger partial charge in [-0.25, -0.2) is 22.9 Å². The molecule has 1 saturated heterocycles. The fourth-order valence-electron chi connectivity index (χ4n) is 4.24. The van der Waals surface area contributed by atoms with Gasteiger partial charge in [-0.1, -0.05) is 0 Å². The predicted molar refractivity (Wildman–Crippen MR) is 125 cm³/mol. The van der Waals surface area contributed by atoms with Crippen molar-refractivity contribution in [3.05, 3.63) is 36.2 Å². The summed E-state index contributed by atoms with van der Waals surface area (Å²) in [5.41, 5.74) is 1.16. The van der Waals surface area contributed by atoms with Gasteiger partial charge < -0.3 is 14.1 Å². The molecule has 1 fully saturated rings. The van der Waals surface area contributed by atoms with Crippen molar-refractivity contribution in [1.29, 1.82) is 0 Å². The Kier molecular flexibility index (Phi) is 6.48. The van der Waals surface area contributed by atoms with Crippen molar-refractivity contribution in [1.82, 2.24) is 19.7 Å². The van der Waals surface area contributed by atoms with E-state index in [0.717, 1.165) is 0 Å². The molecule has 0 N–H and O–H groups in total. The zero-order valence-corrected chi connectivity index (χ0v) is 20.4. The zero-order chi connectivity index (χ0) is 24.6. The number of rotatable bonds is 7. The summed E-state index contributed by atoms with van der Waals surface area (Å²) in [6.07, 6.45) is 2.36. The number of likely N-dealkylation sites (N-methyl/N-ethyl adjacent to an activating group) is 1. The molecule has 10 nitrogen and oxygen atoms in total. The van der Waals surface area contributed by atoms with E-state index in [1.54, 1.807) is 36.0 Å². The molecular formula is C23H28N4O6S. The Labute approximate surface area is 197 Å². The van der Waals surface area contributed by atoms with Gasteiger partial charge in [-0.2, -0.15) is 5.10 Å². The highest BCUT2D eigenvalue weighted by molar-refractivity contribution is 7.91. The molecule has 0 spiro atoms. The van der Waals surface area contributed by atoms with Crippen LogP contribution in [0.3, 0.4) is 0 Å². The molecule has 182 valence electrons. The minimum Gasteiger partial charge on any atom is -0.463 e. The largest absolute Gasteiger partial charge is 0.463 e. The van der Waals surface area contributed by atoms with Gasteiger partial charge in [0.1, 0.15) is 5.69 Å². The van der Waals surface area contributed by atoms with Crippen LogP contribution in [0.4, 0.5) is 0 Å². The Balaban J connectivity index is 1.62. The summed E-state index contributed by atoms with van der Waals surface area (Å²) < 4.78 is 36.5. The predicted octanol–water partition coefficient (Wildman–Crippen LogP) is 2.85. The first-order valence-corrected chi connectivity index (χ1v) is 13.1. The number of amides is 1. The number of fused-ring (bicyclic) bond motifs is 1. The number of aromatic nitrogens is 3. The van der Waals surface area contributed by atoms with Crippen molar-refractivity contribution in [2.45, 2.75) is 52.3 Å². The molecule has 34 heavy (non-hydrogen) atoms. The van der Waals surface area contributed by atoms with Crippen molar-refractivity contribution in [3.8, 4) is 11.5 Å². The third-order valence-electron chi connectivity index (χ3n) is 5.95. The summed E-state index contributed by atoms with van der Waals surface area (Å²) in [5, 5.41) is 4.87. The average Bonchev–Trinajstić information content (AvgIpc) is 3.52. The van der Waals surface area contributed by atoms with E-state index in [1.165, 1.54) is 18.1 Å². The van der Waals surface area contributed by atoms with Crippen LogP contribution in [0.5, 0.6) is 0 Å². The fraction of sp³-hybridized carbons (Fsp3) is 0.478. The van der Waals surface area contributed by atoms with Crippen LogP contribution >= 0.6 is 0 Å². The Hall–Kier alpha value is -3.21. The highest BCUT2D eigenvalue weighted by Gasteiger charge is 2.36. The van der Waals surface area contributed by atoms with Crippen molar-refractivity contribution >= 4 is 32.7 Å². The minimum atomic E-state index is -3.16. The number of nitrogens with zero attached hydrogens (tertiary/aromatic N) is 4. The van der Waals surface area contributed by atoms with Crippen molar-refractivity contribution in [2.24, 2.45) is 0 Å². The molecule has 11 heteroatoms. The Morgan fingerprint density at radius 3 is 2.68 bits per heavy atom. The molecule has 0 saturated carbocycles. The smallest absolute Gasteiger partial charge is 0.339 e. The van der Waals surface area contributed by atoms with Gasteiger partial charge in [-0.3, -0.25) is 4.79 Å². The number of carbonyl (C=O) groups is 2. The standard InChI is InChI=1S/C23H28N4O6S/c1-5-26(16-8-10-34(30,31)13-16)22(28)15(4)33-23(29)17-11-19(20-7-6-9-32-20)25-21-18(17)12-24-27(21)14(2)3/h6-7,9,11-12,14-16H,5,8,10,13H2,1-4H3. The highest BCUT2D eigenvalue weighted by atomic mass is 32.2. The number of furan rings is 1. The van der Waals surface area contributed by atoms with Gasteiger partial charge in [0.15, 0.2) is 27.3 Å². The van der Waals surface area contributed by atoms with Gasteiger partial charge >= 0.3 is 5.97 Å². The van der Waals surface area contributed by atoms with Crippen molar-refractivity contribution in [2.75, 3.05) is 18.1 Å². The third kappa shape index (κ3) is 4.56. The summed E-state index contributed by atoms with van der Waals surface area (Å²) in [4.78, 5) is 32.4. The van der Waals surface area contributed by atoms with Gasteiger partial charge in [0.2, 0.25) is 0 Å². The summed E-state index contributed by atoms with van der Waals surface area (Å²) in [6.45, 7) is 7.50. The lowest BCUT2D eigenvalue weighted by Gasteiger charge is -2.29. The van der Waals surface area contributed by atoms with Gasteiger partial charge in [-0.15, -0.1) is 0 Å². The molecule has 1 amide bonds. The van der Waals surface area contributed by atoms with Crippen molar-refractivity contribution < 1.29 is 27.2 Å². The number of sulfone groups is 1. The van der Waals surface area contributed by atoms with E-state index >= 15 is 0 Å². The van der Waals surface area contributed by atoms with E-state index in [2.05, 4.69) is 10.1 Å². The first kappa shape index (κ1) is 23.9. The van der Waals surface area contributed by atoms with Crippen LogP contribution in [0, 0.1) is 0 Å². The van der Waals surface area contributed by atoms with Crippen LogP contribution in [-0.4, -0.2) is 70.2 Å². The quantitative estimate of drug-likeness (QED) is 0.465. The number of pyridine rings is 1. The third-order valence-corrected chi connectivity index (χ3v) is 7.70. The zero-order valence-electron chi connectivity index (χ0n) is 19.6. The lowest BCUT2D eigenvalue weighted by atomic mass is 10.1. The van der Waals surface area contributed by atoms with Gasteiger partial charge in [0.25, 0.3) is 5.91 Å². The maximum absolute atomic E-state index is 13.2. The summed E-state index contributed by atoms with van der Waals surface area (Å²) in [7, 11) is -3.16. The number of ether oxygens (including phenoxy) is 1. The molecule has 0 bridgehead atoms. The molecule has 3 aromatic heterocycles. The molecule has 3 aromatic rings. The van der Waals surface area contributed by atoms with Gasteiger partial charge in [0, 0.05) is 18.6 Å². The monoisotopic (exact) mass is 488 g/mol. The average molecular weight is 489 g/mol. The maximum Gasteiger partial charge on any atom is 0.339 e. The molecule has 0 aliphatic carbocycles. The lowest BCUT2D eigenvalue weighted by Crippen LogP contribution is -2.46. The molecule has 4 rings (SSSR count). The van der Waals surface area contributed by atoms with Gasteiger partial charge in [0.05, 0.1) is 34.9 Å². The molecule has 1 aliphatic rings. The van der Waals surface area contributed by atoms with Crippen LogP contribution < -0.4 is 0 Å². The second-order valence-corrected chi connectivity index (χ2v) is 10.9. The first-order valence-electron chi connectivity index (χ1n) is 11.2. The fourth-order valence-corrected chi connectivity index (χ4v) is 5.97. The van der Waals surface area contributed by atoms with Crippen LogP contribution in [0.1, 0.15) is 50.5 Å². The molecule has 2 unspecified atom stereocenters. The number of hydrogen-bond donors (Lipinski definition) is 0. The van der Waals surface area contributed by atoms with E-state index in [9.17, 15) is 18.0 Å². The molecule has 0 radical (unpaired) electrons. The Bertz CT molecular complexity index is 1310. The number of esters is 1. The SMILES string of the molecule is CCN(C(=O)C(C)OC(=O)c1cc(-c2ccco2)nc2c1cnn2C(C)C)C1CCS(=O)(=O)C1. The summed E-state index contributed by atoms with van der Waals surface area (Å²) in [6, 6.07) is 4.62. The number of hydrogen-bond acceptors (Lipinski definition) is 8.